The van der Waals surface area contributed by atoms with Crippen molar-refractivity contribution in [2.75, 3.05) is 6.61 Å². The van der Waals surface area contributed by atoms with E-state index in [0.717, 1.165) is 42.4 Å². The van der Waals surface area contributed by atoms with Gasteiger partial charge >= 0.3 is 11.9 Å². The minimum atomic E-state index is -0.799. The minimum absolute atomic E-state index is 0.0129. The average molecular weight is 605 g/mol. The van der Waals surface area contributed by atoms with Crippen molar-refractivity contribution in [1.82, 2.24) is 0 Å². The molecule has 0 aliphatic rings. The summed E-state index contributed by atoms with van der Waals surface area (Å²) in [4.78, 5) is 25.1. The van der Waals surface area contributed by atoms with Gasteiger partial charge in [0.2, 0.25) is 0 Å². The normalized spacial score (nSPS) is 11.8. The summed E-state index contributed by atoms with van der Waals surface area (Å²) in [6, 6.07) is 18.7. The molecular weight excluding hydrogens is 555 g/mol. The number of carbonyl (C=O) groups is 2. The summed E-state index contributed by atoms with van der Waals surface area (Å²) in [6.07, 6.45) is 12.9. The molecule has 0 aliphatic carbocycles. The Balaban J connectivity index is 1.43. The van der Waals surface area contributed by atoms with Gasteiger partial charge in [0.15, 0.2) is 0 Å². The second-order valence-corrected chi connectivity index (χ2v) is 12.0. The Kier molecular flexibility index (Phi) is 14.9. The van der Waals surface area contributed by atoms with E-state index < -0.39 is 17.8 Å². The van der Waals surface area contributed by atoms with Crippen LogP contribution in [0.25, 0.3) is 11.1 Å². The molecule has 1 unspecified atom stereocenters. The summed E-state index contributed by atoms with van der Waals surface area (Å²) in [5.41, 5.74) is 2.09. The lowest BCUT2D eigenvalue weighted by molar-refractivity contribution is 0.0308. The van der Waals surface area contributed by atoms with Gasteiger partial charge in [-0.2, -0.15) is 0 Å². The molecule has 0 aromatic heterocycles. The fourth-order valence-electron chi connectivity index (χ4n) is 4.91. The summed E-state index contributed by atoms with van der Waals surface area (Å²) in [7, 11) is 0. The van der Waals surface area contributed by atoms with E-state index in [1.807, 2.05) is 36.4 Å². The second-order valence-electron chi connectivity index (χ2n) is 12.0. The molecule has 0 radical (unpaired) electrons. The van der Waals surface area contributed by atoms with Gasteiger partial charge in [-0.05, 0) is 79.6 Å². The molecule has 44 heavy (non-hydrogen) atoms. The first kappa shape index (κ1) is 34.8. The van der Waals surface area contributed by atoms with E-state index in [0.29, 0.717) is 17.9 Å². The Labute approximate surface area is 263 Å². The van der Waals surface area contributed by atoms with Crippen LogP contribution < -0.4 is 9.47 Å². The molecule has 0 bridgehead atoms. The fraction of sp³-hybridized carbons (Fsp3) is 0.474. The van der Waals surface area contributed by atoms with Gasteiger partial charge in [-0.1, -0.05) is 96.4 Å². The SMILES string of the molecule is CCCCCCCCCCCOc1ccc(-c2ccc(C(=O)Oc3ccc(C(=O)OC(C)CCC(C)C)c(F)c3)cc2)cc1. The van der Waals surface area contributed by atoms with Crippen LogP contribution >= 0.6 is 0 Å². The van der Waals surface area contributed by atoms with E-state index in [2.05, 4.69) is 20.8 Å². The van der Waals surface area contributed by atoms with Crippen molar-refractivity contribution in [2.45, 2.75) is 104 Å². The second kappa shape index (κ2) is 18.9. The van der Waals surface area contributed by atoms with Gasteiger partial charge in [-0.25, -0.2) is 14.0 Å². The molecule has 0 N–H and O–H groups in total. The average Bonchev–Trinajstić information content (AvgIpc) is 3.01. The summed E-state index contributed by atoms with van der Waals surface area (Å²) in [5, 5.41) is 0. The van der Waals surface area contributed by atoms with Crippen molar-refractivity contribution in [1.29, 1.82) is 0 Å². The third-order valence-corrected chi connectivity index (χ3v) is 7.65. The number of ether oxygens (including phenoxy) is 3. The molecule has 1 atom stereocenters. The molecule has 0 spiro atoms. The molecule has 5 nitrogen and oxygen atoms in total. The highest BCUT2D eigenvalue weighted by atomic mass is 19.1. The van der Waals surface area contributed by atoms with Crippen molar-refractivity contribution in [3.05, 3.63) is 83.7 Å². The summed E-state index contributed by atoms with van der Waals surface area (Å²) < 4.78 is 31.3. The number of hydrogen-bond acceptors (Lipinski definition) is 5. The first-order valence-electron chi connectivity index (χ1n) is 16.3. The number of halogens is 1. The van der Waals surface area contributed by atoms with E-state index in [4.69, 9.17) is 14.2 Å². The van der Waals surface area contributed by atoms with Gasteiger partial charge in [-0.3, -0.25) is 0 Å². The fourth-order valence-corrected chi connectivity index (χ4v) is 4.91. The summed E-state index contributed by atoms with van der Waals surface area (Å²) in [6.45, 7) is 8.95. The quantitative estimate of drug-likeness (QED) is 0.0774. The van der Waals surface area contributed by atoms with Crippen LogP contribution in [0.5, 0.6) is 11.5 Å². The molecule has 6 heteroatoms. The van der Waals surface area contributed by atoms with Crippen molar-refractivity contribution in [3.63, 3.8) is 0 Å². The number of hydrogen-bond donors (Lipinski definition) is 0. The summed E-state index contributed by atoms with van der Waals surface area (Å²) >= 11 is 0. The Morgan fingerprint density at radius 2 is 1.25 bits per heavy atom. The highest BCUT2D eigenvalue weighted by Crippen LogP contribution is 2.25. The van der Waals surface area contributed by atoms with Crippen molar-refractivity contribution in [2.24, 2.45) is 5.92 Å². The lowest BCUT2D eigenvalue weighted by Gasteiger charge is -2.15. The maximum atomic E-state index is 14.7. The van der Waals surface area contributed by atoms with Gasteiger partial charge < -0.3 is 14.2 Å². The summed E-state index contributed by atoms with van der Waals surface area (Å²) in [5.74, 6) is -0.796. The zero-order valence-corrected chi connectivity index (χ0v) is 26.9. The van der Waals surface area contributed by atoms with E-state index in [9.17, 15) is 14.0 Å². The highest BCUT2D eigenvalue weighted by Gasteiger charge is 2.18. The van der Waals surface area contributed by atoms with E-state index in [1.54, 1.807) is 19.1 Å². The van der Waals surface area contributed by atoms with Crippen LogP contribution in [0.4, 0.5) is 4.39 Å². The lowest BCUT2D eigenvalue weighted by Crippen LogP contribution is -2.17. The van der Waals surface area contributed by atoms with E-state index >= 15 is 0 Å². The van der Waals surface area contributed by atoms with Gasteiger partial charge in [0.25, 0.3) is 0 Å². The number of carbonyl (C=O) groups excluding carboxylic acids is 2. The van der Waals surface area contributed by atoms with Gasteiger partial charge in [0.05, 0.1) is 23.8 Å². The molecular formula is C38H49FO5. The predicted octanol–water partition coefficient (Wildman–Crippen LogP) is 10.6. The first-order chi connectivity index (χ1) is 21.3. The van der Waals surface area contributed by atoms with Crippen LogP contribution in [0.3, 0.4) is 0 Å². The number of benzene rings is 3. The molecule has 0 amide bonds. The van der Waals surface area contributed by atoms with E-state index in [-0.39, 0.29) is 17.4 Å². The standard InChI is InChI=1S/C38H49FO5/c1-5-6-7-8-9-10-11-12-13-26-42-33-22-20-31(21-23-33)30-16-18-32(19-17-30)37(40)44-34-24-25-35(36(39)27-34)38(41)43-29(4)15-14-28(2)3/h16-25,27-29H,5-15,26H2,1-4H3. The van der Waals surface area contributed by atoms with Crippen LogP contribution in [0.1, 0.15) is 119 Å². The van der Waals surface area contributed by atoms with Crippen LogP contribution in [0.2, 0.25) is 0 Å². The largest absolute Gasteiger partial charge is 0.494 e. The third kappa shape index (κ3) is 12.1. The van der Waals surface area contributed by atoms with Crippen LogP contribution in [0.15, 0.2) is 66.7 Å². The number of rotatable bonds is 19. The molecule has 0 saturated heterocycles. The zero-order chi connectivity index (χ0) is 31.7. The van der Waals surface area contributed by atoms with Gasteiger partial charge in [0.1, 0.15) is 17.3 Å². The molecule has 3 aromatic rings. The molecule has 0 aliphatic heterocycles. The Morgan fingerprint density at radius 3 is 1.84 bits per heavy atom. The predicted molar refractivity (Wildman–Crippen MR) is 175 cm³/mol. The molecule has 3 rings (SSSR count). The highest BCUT2D eigenvalue weighted by molar-refractivity contribution is 5.92. The van der Waals surface area contributed by atoms with Crippen molar-refractivity contribution in [3.8, 4) is 22.6 Å². The molecule has 238 valence electrons. The Bertz CT molecular complexity index is 1280. The van der Waals surface area contributed by atoms with Crippen LogP contribution in [0, 0.1) is 11.7 Å². The lowest BCUT2D eigenvalue weighted by atomic mass is 10.0. The van der Waals surface area contributed by atoms with Crippen LogP contribution in [-0.2, 0) is 4.74 Å². The van der Waals surface area contributed by atoms with Gasteiger partial charge in [0, 0.05) is 6.07 Å². The Morgan fingerprint density at radius 1 is 0.682 bits per heavy atom. The van der Waals surface area contributed by atoms with Crippen molar-refractivity contribution < 1.29 is 28.2 Å². The van der Waals surface area contributed by atoms with Gasteiger partial charge in [-0.15, -0.1) is 0 Å². The van der Waals surface area contributed by atoms with Crippen molar-refractivity contribution >= 4 is 11.9 Å². The molecule has 3 aromatic carbocycles. The molecule has 0 heterocycles. The molecule has 0 saturated carbocycles. The third-order valence-electron chi connectivity index (χ3n) is 7.65. The smallest absolute Gasteiger partial charge is 0.343 e. The van der Waals surface area contributed by atoms with Crippen LogP contribution in [-0.4, -0.2) is 24.6 Å². The number of unbranched alkanes of at least 4 members (excludes halogenated alkanes) is 8. The monoisotopic (exact) mass is 604 g/mol. The topological polar surface area (TPSA) is 61.8 Å². The van der Waals surface area contributed by atoms with E-state index in [1.165, 1.54) is 63.5 Å². The maximum Gasteiger partial charge on any atom is 0.343 e. The molecule has 0 fully saturated rings. The first-order valence-corrected chi connectivity index (χ1v) is 16.3. The number of esters is 2. The zero-order valence-electron chi connectivity index (χ0n) is 26.9. The maximum absolute atomic E-state index is 14.7. The minimum Gasteiger partial charge on any atom is -0.494 e. The Hall–Kier alpha value is -3.67.